The first kappa shape index (κ1) is 20.0. The molecule has 0 N–H and O–H groups in total. The van der Waals surface area contributed by atoms with Crippen molar-refractivity contribution in [2.24, 2.45) is 0 Å². The van der Waals surface area contributed by atoms with Gasteiger partial charge in [0.25, 0.3) is 0 Å². The summed E-state index contributed by atoms with van der Waals surface area (Å²) in [7, 11) is 0. The molecule has 0 unspecified atom stereocenters. The molecule has 160 valence electrons. The predicted octanol–water partition coefficient (Wildman–Crippen LogP) is 9.63. The highest BCUT2D eigenvalue weighted by atomic mass is 14.4. The molecule has 0 fully saturated rings. The van der Waals surface area contributed by atoms with Gasteiger partial charge in [-0.25, -0.2) is 0 Å². The van der Waals surface area contributed by atoms with Crippen LogP contribution in [0.1, 0.15) is 38.8 Å². The van der Waals surface area contributed by atoms with Crippen molar-refractivity contribution in [2.45, 2.75) is 33.1 Å². The molecular weight excluding hydrogens is 396 g/mol. The average Bonchev–Trinajstić information content (AvgIpc) is 2.85. The Morgan fingerprint density at radius 2 is 1.06 bits per heavy atom. The Morgan fingerprint density at radius 3 is 1.79 bits per heavy atom. The van der Waals surface area contributed by atoms with Gasteiger partial charge < -0.3 is 0 Å². The first-order valence-corrected chi connectivity index (χ1v) is 12.0. The van der Waals surface area contributed by atoms with Crippen molar-refractivity contribution in [1.82, 2.24) is 0 Å². The fourth-order valence-electron chi connectivity index (χ4n) is 5.86. The van der Waals surface area contributed by atoms with Crippen molar-refractivity contribution >= 4 is 43.1 Å². The van der Waals surface area contributed by atoms with E-state index in [0.29, 0.717) is 0 Å². The van der Waals surface area contributed by atoms with Gasteiger partial charge in [0, 0.05) is 5.41 Å². The van der Waals surface area contributed by atoms with Crippen LogP contribution in [0.25, 0.3) is 54.2 Å². The normalized spacial score (nSPS) is 13.7. The van der Waals surface area contributed by atoms with Gasteiger partial charge in [-0.3, -0.25) is 0 Å². The molecule has 0 heterocycles. The summed E-state index contributed by atoms with van der Waals surface area (Å²) in [6.45, 7) is 8.80. The highest BCUT2D eigenvalue weighted by Crippen LogP contribution is 2.52. The number of hydrogen-bond acceptors (Lipinski definition) is 0. The van der Waals surface area contributed by atoms with Crippen molar-refractivity contribution in [3.63, 3.8) is 0 Å². The largest absolute Gasteiger partial charge is 0.0683 e. The zero-order valence-electron chi connectivity index (χ0n) is 19.7. The zero-order valence-corrected chi connectivity index (χ0v) is 19.7. The molecule has 0 amide bonds. The molecule has 0 bridgehead atoms. The van der Waals surface area contributed by atoms with E-state index in [1.165, 1.54) is 65.3 Å². The van der Waals surface area contributed by atoms with Gasteiger partial charge in [-0.15, -0.1) is 0 Å². The first-order chi connectivity index (χ1) is 16.1. The molecular formula is C33H28. The maximum Gasteiger partial charge on any atom is 0.0165 e. The number of fused-ring (bicyclic) bond motifs is 6. The third kappa shape index (κ3) is 2.77. The minimum absolute atomic E-state index is 0.0807. The van der Waals surface area contributed by atoms with Crippen LogP contribution in [-0.4, -0.2) is 0 Å². The lowest BCUT2D eigenvalue weighted by molar-refractivity contribution is 0.652. The molecule has 1 aliphatic rings. The van der Waals surface area contributed by atoms with Gasteiger partial charge in [0.15, 0.2) is 0 Å². The summed E-state index contributed by atoms with van der Waals surface area (Å²) >= 11 is 0. The average molecular weight is 425 g/mol. The third-order valence-corrected chi connectivity index (χ3v) is 7.32. The van der Waals surface area contributed by atoms with Crippen molar-refractivity contribution < 1.29 is 0 Å². The lowest BCUT2D eigenvalue weighted by Gasteiger charge is -2.36. The molecule has 0 aliphatic heterocycles. The molecule has 0 radical (unpaired) electrons. The van der Waals surface area contributed by atoms with Crippen LogP contribution >= 0.6 is 0 Å². The van der Waals surface area contributed by atoms with Crippen LogP contribution in [0, 0.1) is 0 Å². The molecule has 0 heteroatoms. The summed E-state index contributed by atoms with van der Waals surface area (Å²) < 4.78 is 0. The maximum absolute atomic E-state index is 2.45. The standard InChI is InChI=1S/C31H22.C2H6/c1-31(2)28-18-24-15-20-9-4-3-8-19(20)14-23(24)17-27(28)26-13-7-11-22-16-21-10-5-6-12-25(21)30(31)29(22)26;1-2/h3-18H,1-2H3;1-2H3. The highest BCUT2D eigenvalue weighted by molar-refractivity contribution is 6.13. The lowest BCUT2D eigenvalue weighted by atomic mass is 9.66. The molecule has 0 nitrogen and oxygen atoms in total. The number of benzene rings is 6. The van der Waals surface area contributed by atoms with Crippen molar-refractivity contribution in [1.29, 1.82) is 0 Å². The zero-order chi connectivity index (χ0) is 22.7. The Kier molecular flexibility index (Phi) is 4.35. The van der Waals surface area contributed by atoms with Gasteiger partial charge in [-0.05, 0) is 95.7 Å². The number of hydrogen-bond donors (Lipinski definition) is 0. The first-order valence-electron chi connectivity index (χ1n) is 12.0. The molecule has 0 spiro atoms. The smallest absolute Gasteiger partial charge is 0.0165 e. The van der Waals surface area contributed by atoms with Gasteiger partial charge in [-0.2, -0.15) is 0 Å². The van der Waals surface area contributed by atoms with Crippen LogP contribution < -0.4 is 0 Å². The van der Waals surface area contributed by atoms with Crippen LogP contribution in [0.2, 0.25) is 0 Å². The molecule has 6 aromatic rings. The Balaban J connectivity index is 0.00000101. The summed E-state index contributed by atoms with van der Waals surface area (Å²) in [5.74, 6) is 0. The monoisotopic (exact) mass is 424 g/mol. The van der Waals surface area contributed by atoms with Gasteiger partial charge in [0.1, 0.15) is 0 Å². The van der Waals surface area contributed by atoms with Crippen molar-refractivity contribution in [2.75, 3.05) is 0 Å². The van der Waals surface area contributed by atoms with E-state index in [9.17, 15) is 0 Å². The minimum atomic E-state index is -0.0807. The fraction of sp³-hybridized carbons (Fsp3) is 0.152. The quantitative estimate of drug-likeness (QED) is 0.213. The second kappa shape index (κ2) is 7.18. The lowest BCUT2D eigenvalue weighted by Crippen LogP contribution is -2.24. The highest BCUT2D eigenvalue weighted by Gasteiger charge is 2.35. The molecule has 0 saturated heterocycles. The van der Waals surface area contributed by atoms with Crippen molar-refractivity contribution in [3.8, 4) is 11.1 Å². The summed E-state index contributed by atoms with van der Waals surface area (Å²) in [5.41, 5.74) is 5.54. The van der Waals surface area contributed by atoms with Crippen LogP contribution in [0.5, 0.6) is 0 Å². The van der Waals surface area contributed by atoms with E-state index in [2.05, 4.69) is 111 Å². The topological polar surface area (TPSA) is 0 Å². The van der Waals surface area contributed by atoms with E-state index in [-0.39, 0.29) is 5.41 Å². The van der Waals surface area contributed by atoms with Crippen molar-refractivity contribution in [3.05, 3.63) is 108 Å². The summed E-state index contributed by atoms with van der Waals surface area (Å²) in [6.07, 6.45) is 0. The SMILES string of the molecule is CC.CC1(C)c2cc3cc4ccccc4cc3cc2-c2cccc3cc4ccccc4c1c23. The van der Waals surface area contributed by atoms with Crippen LogP contribution in [-0.2, 0) is 5.41 Å². The molecule has 6 aromatic carbocycles. The molecule has 33 heavy (non-hydrogen) atoms. The maximum atomic E-state index is 2.45. The summed E-state index contributed by atoms with van der Waals surface area (Å²) in [4.78, 5) is 0. The Bertz CT molecular complexity index is 1700. The number of rotatable bonds is 0. The second-order valence-electron chi connectivity index (χ2n) is 9.45. The molecule has 1 aliphatic carbocycles. The van der Waals surface area contributed by atoms with Gasteiger partial charge >= 0.3 is 0 Å². The Hall–Kier alpha value is -3.64. The van der Waals surface area contributed by atoms with E-state index in [1.54, 1.807) is 0 Å². The van der Waals surface area contributed by atoms with Gasteiger partial charge in [-0.1, -0.05) is 94.4 Å². The third-order valence-electron chi connectivity index (χ3n) is 7.32. The van der Waals surface area contributed by atoms with Crippen LogP contribution in [0.15, 0.2) is 97.1 Å². The molecule has 0 saturated carbocycles. The minimum Gasteiger partial charge on any atom is -0.0683 e. The summed E-state index contributed by atoms with van der Waals surface area (Å²) in [6, 6.07) is 36.2. The van der Waals surface area contributed by atoms with E-state index in [4.69, 9.17) is 0 Å². The van der Waals surface area contributed by atoms with E-state index in [1.807, 2.05) is 13.8 Å². The Morgan fingerprint density at radius 1 is 0.485 bits per heavy atom. The summed E-state index contributed by atoms with van der Waals surface area (Å²) in [5, 5.41) is 10.7. The second-order valence-corrected chi connectivity index (χ2v) is 9.45. The van der Waals surface area contributed by atoms with E-state index in [0.717, 1.165) is 0 Å². The van der Waals surface area contributed by atoms with E-state index >= 15 is 0 Å². The van der Waals surface area contributed by atoms with Crippen LogP contribution in [0.4, 0.5) is 0 Å². The van der Waals surface area contributed by atoms with Gasteiger partial charge in [0.2, 0.25) is 0 Å². The predicted molar refractivity (Wildman–Crippen MR) is 145 cm³/mol. The molecule has 7 rings (SSSR count). The molecule has 0 aromatic heterocycles. The van der Waals surface area contributed by atoms with Crippen LogP contribution in [0.3, 0.4) is 0 Å². The van der Waals surface area contributed by atoms with E-state index < -0.39 is 0 Å². The molecule has 0 atom stereocenters. The Labute approximate surface area is 195 Å². The fourth-order valence-corrected chi connectivity index (χ4v) is 5.86. The van der Waals surface area contributed by atoms with Gasteiger partial charge in [0.05, 0.1) is 0 Å².